The zero-order valence-electron chi connectivity index (χ0n) is 19.5. The van der Waals surface area contributed by atoms with Gasteiger partial charge in [0.25, 0.3) is 11.7 Å². The van der Waals surface area contributed by atoms with E-state index in [-0.39, 0.29) is 16.7 Å². The summed E-state index contributed by atoms with van der Waals surface area (Å²) in [7, 11) is 1.53. The molecule has 174 valence electrons. The number of carbonyl (C=O) groups excluding carboxylic acids is 2. The number of aliphatic hydroxyl groups is 1. The Morgan fingerprint density at radius 1 is 0.971 bits per heavy atom. The van der Waals surface area contributed by atoms with Crippen LogP contribution in [0.5, 0.6) is 5.75 Å². The predicted molar refractivity (Wildman–Crippen MR) is 134 cm³/mol. The summed E-state index contributed by atoms with van der Waals surface area (Å²) in [5, 5.41) is 11.6. The van der Waals surface area contributed by atoms with Crippen LogP contribution in [0.2, 0.25) is 5.02 Å². The Morgan fingerprint density at radius 2 is 1.65 bits per heavy atom. The topological polar surface area (TPSA) is 66.8 Å². The molecule has 1 atom stereocenters. The summed E-state index contributed by atoms with van der Waals surface area (Å²) in [6.45, 7) is 6.32. The molecule has 6 heteroatoms. The Kier molecular flexibility index (Phi) is 6.24. The molecule has 0 aliphatic carbocycles. The molecule has 1 aliphatic heterocycles. The first-order valence-electron chi connectivity index (χ1n) is 10.9. The van der Waals surface area contributed by atoms with E-state index >= 15 is 0 Å². The summed E-state index contributed by atoms with van der Waals surface area (Å²) in [4.78, 5) is 28.1. The van der Waals surface area contributed by atoms with E-state index < -0.39 is 17.7 Å². The lowest BCUT2D eigenvalue weighted by Crippen LogP contribution is -2.29. The highest BCUT2D eigenvalue weighted by atomic mass is 35.5. The quantitative estimate of drug-likeness (QED) is 0.274. The summed E-state index contributed by atoms with van der Waals surface area (Å²) in [6, 6.07) is 20.4. The number of amides is 1. The number of Topliss-reactive ketones (excluding diaryl/α,β-unsaturated/α-hetero) is 1. The molecule has 0 bridgehead atoms. The van der Waals surface area contributed by atoms with Gasteiger partial charge in [-0.15, -0.1) is 0 Å². The van der Waals surface area contributed by atoms with Gasteiger partial charge in [-0.25, -0.2) is 0 Å². The molecule has 1 fully saturated rings. The molecule has 0 saturated carbocycles. The van der Waals surface area contributed by atoms with E-state index in [9.17, 15) is 14.7 Å². The third-order valence-corrected chi connectivity index (χ3v) is 6.22. The molecular weight excluding hydrogens is 450 g/mol. The van der Waals surface area contributed by atoms with Crippen molar-refractivity contribution in [1.82, 2.24) is 0 Å². The molecular formula is C28H26ClNO4. The Morgan fingerprint density at radius 3 is 2.26 bits per heavy atom. The van der Waals surface area contributed by atoms with Gasteiger partial charge in [0, 0.05) is 21.8 Å². The number of halogens is 1. The van der Waals surface area contributed by atoms with Crippen LogP contribution in [0.15, 0.2) is 78.4 Å². The van der Waals surface area contributed by atoms with Crippen molar-refractivity contribution in [2.24, 2.45) is 0 Å². The number of hydrogen-bond acceptors (Lipinski definition) is 4. The highest BCUT2D eigenvalue weighted by molar-refractivity contribution is 6.51. The van der Waals surface area contributed by atoms with Crippen LogP contribution in [0.4, 0.5) is 5.69 Å². The summed E-state index contributed by atoms with van der Waals surface area (Å²) in [5.41, 5.74) is 2.51. The van der Waals surface area contributed by atoms with E-state index in [1.807, 2.05) is 30.3 Å². The molecule has 1 unspecified atom stereocenters. The standard InChI is InChI=1S/C28H26ClNO4/c1-28(2,3)18-12-14-20(15-13-18)30-24(21-10-5-6-11-22(21)34-4)23(26(32)27(30)33)25(31)17-8-7-9-19(29)16-17/h5-16,24,31H,1-4H3/b25-23+. The fourth-order valence-electron chi connectivity index (χ4n) is 4.20. The minimum absolute atomic E-state index is 0.0170. The van der Waals surface area contributed by atoms with Crippen molar-refractivity contribution in [2.75, 3.05) is 12.0 Å². The van der Waals surface area contributed by atoms with Crippen molar-refractivity contribution in [2.45, 2.75) is 32.2 Å². The first-order chi connectivity index (χ1) is 16.1. The van der Waals surface area contributed by atoms with Crippen LogP contribution >= 0.6 is 11.6 Å². The van der Waals surface area contributed by atoms with E-state index in [1.54, 1.807) is 42.5 Å². The van der Waals surface area contributed by atoms with Crippen molar-refractivity contribution < 1.29 is 19.4 Å². The van der Waals surface area contributed by atoms with Gasteiger partial charge in [0.05, 0.1) is 18.7 Å². The number of rotatable bonds is 4. The van der Waals surface area contributed by atoms with Gasteiger partial charge in [0.15, 0.2) is 0 Å². The number of nitrogens with zero attached hydrogens (tertiary/aromatic N) is 1. The number of para-hydroxylation sites is 1. The second-order valence-electron chi connectivity index (χ2n) is 9.22. The zero-order valence-corrected chi connectivity index (χ0v) is 20.3. The maximum Gasteiger partial charge on any atom is 0.300 e. The molecule has 1 N–H and O–H groups in total. The van der Waals surface area contributed by atoms with Crippen LogP contribution in [0.3, 0.4) is 0 Å². The van der Waals surface area contributed by atoms with Crippen molar-refractivity contribution in [3.63, 3.8) is 0 Å². The second kappa shape index (κ2) is 8.99. The number of methoxy groups -OCH3 is 1. The number of ether oxygens (including phenoxy) is 1. The van der Waals surface area contributed by atoms with Gasteiger partial charge in [0.1, 0.15) is 11.5 Å². The molecule has 5 nitrogen and oxygen atoms in total. The summed E-state index contributed by atoms with van der Waals surface area (Å²) < 4.78 is 5.55. The van der Waals surface area contributed by atoms with Crippen LogP contribution in [-0.4, -0.2) is 23.9 Å². The average molecular weight is 476 g/mol. The maximum atomic E-state index is 13.3. The second-order valence-corrected chi connectivity index (χ2v) is 9.65. The monoisotopic (exact) mass is 475 g/mol. The molecule has 34 heavy (non-hydrogen) atoms. The van der Waals surface area contributed by atoms with Crippen molar-refractivity contribution >= 4 is 34.7 Å². The van der Waals surface area contributed by atoms with Gasteiger partial charge < -0.3 is 9.84 Å². The largest absolute Gasteiger partial charge is 0.507 e. The van der Waals surface area contributed by atoms with Crippen LogP contribution in [0.1, 0.15) is 43.5 Å². The minimum Gasteiger partial charge on any atom is -0.507 e. The van der Waals surface area contributed by atoms with E-state index in [4.69, 9.17) is 16.3 Å². The Balaban J connectivity index is 1.95. The van der Waals surface area contributed by atoms with E-state index in [2.05, 4.69) is 20.8 Å². The molecule has 1 heterocycles. The normalized spacial score (nSPS) is 17.8. The Hall–Kier alpha value is -3.57. The summed E-state index contributed by atoms with van der Waals surface area (Å²) in [5.74, 6) is -1.27. The number of aliphatic hydroxyl groups excluding tert-OH is 1. The van der Waals surface area contributed by atoms with Crippen molar-refractivity contribution in [3.05, 3.63) is 100 Å². The fraction of sp³-hybridized carbons (Fsp3) is 0.214. The molecule has 1 amide bonds. The van der Waals surface area contributed by atoms with Gasteiger partial charge in [-0.05, 0) is 41.3 Å². The maximum absolute atomic E-state index is 13.3. The third kappa shape index (κ3) is 4.19. The number of ketones is 1. The molecule has 1 aliphatic rings. The van der Waals surface area contributed by atoms with Gasteiger partial charge in [-0.3, -0.25) is 14.5 Å². The SMILES string of the molecule is COc1ccccc1C1/C(=C(\O)c2cccc(Cl)c2)C(=O)C(=O)N1c1ccc(C(C)(C)C)cc1. The van der Waals surface area contributed by atoms with Gasteiger partial charge in [-0.2, -0.15) is 0 Å². The predicted octanol–water partition coefficient (Wildman–Crippen LogP) is 6.27. The Labute approximate surface area is 204 Å². The minimum atomic E-state index is -0.879. The van der Waals surface area contributed by atoms with Crippen molar-refractivity contribution in [3.8, 4) is 5.75 Å². The smallest absolute Gasteiger partial charge is 0.300 e. The van der Waals surface area contributed by atoms with E-state index in [1.165, 1.54) is 12.0 Å². The van der Waals surface area contributed by atoms with Crippen LogP contribution < -0.4 is 9.64 Å². The molecule has 0 radical (unpaired) electrons. The van der Waals surface area contributed by atoms with Crippen LogP contribution in [0.25, 0.3) is 5.76 Å². The Bertz CT molecular complexity index is 1290. The summed E-state index contributed by atoms with van der Waals surface area (Å²) in [6.07, 6.45) is 0. The van der Waals surface area contributed by atoms with Gasteiger partial charge in [0.2, 0.25) is 0 Å². The molecule has 0 spiro atoms. The highest BCUT2D eigenvalue weighted by Gasteiger charge is 2.48. The van der Waals surface area contributed by atoms with Crippen molar-refractivity contribution in [1.29, 1.82) is 0 Å². The van der Waals surface area contributed by atoms with Crippen LogP contribution in [-0.2, 0) is 15.0 Å². The number of carbonyl (C=O) groups is 2. The highest BCUT2D eigenvalue weighted by Crippen LogP contribution is 2.45. The van der Waals surface area contributed by atoms with Crippen LogP contribution in [0, 0.1) is 0 Å². The van der Waals surface area contributed by atoms with E-state index in [0.29, 0.717) is 27.6 Å². The number of benzene rings is 3. The fourth-order valence-corrected chi connectivity index (χ4v) is 4.39. The molecule has 3 aromatic rings. The number of anilines is 1. The van der Waals surface area contributed by atoms with E-state index in [0.717, 1.165) is 5.56 Å². The first-order valence-corrected chi connectivity index (χ1v) is 11.3. The summed E-state index contributed by atoms with van der Waals surface area (Å²) >= 11 is 6.12. The third-order valence-electron chi connectivity index (χ3n) is 5.99. The van der Waals surface area contributed by atoms with Gasteiger partial charge >= 0.3 is 0 Å². The van der Waals surface area contributed by atoms with Gasteiger partial charge in [-0.1, -0.05) is 74.8 Å². The lowest BCUT2D eigenvalue weighted by Gasteiger charge is -2.27. The lowest BCUT2D eigenvalue weighted by molar-refractivity contribution is -0.132. The number of hydrogen-bond donors (Lipinski definition) is 1. The average Bonchev–Trinajstić information content (AvgIpc) is 3.08. The zero-order chi connectivity index (χ0) is 24.6. The molecule has 4 rings (SSSR count). The first kappa shape index (κ1) is 23.6. The molecule has 1 saturated heterocycles. The lowest BCUT2D eigenvalue weighted by atomic mass is 9.87. The molecule has 3 aromatic carbocycles. The molecule has 0 aromatic heterocycles.